The van der Waals surface area contributed by atoms with Crippen molar-refractivity contribution in [3.63, 3.8) is 0 Å². The first kappa shape index (κ1) is 29.9. The number of rotatable bonds is 11. The van der Waals surface area contributed by atoms with Gasteiger partial charge in [-0.2, -0.15) is 15.4 Å². The molecule has 1 aliphatic heterocycles. The molecule has 0 aromatic heterocycles. The van der Waals surface area contributed by atoms with Crippen LogP contribution in [0, 0.1) is 23.1 Å². The molecule has 39 heavy (non-hydrogen) atoms. The van der Waals surface area contributed by atoms with Crippen molar-refractivity contribution >= 4 is 28.8 Å². The maximum absolute atomic E-state index is 14.9. The van der Waals surface area contributed by atoms with Crippen molar-refractivity contribution in [2.24, 2.45) is 15.8 Å². The number of urea groups is 1. The second-order valence-corrected chi connectivity index (χ2v) is 10.2. The number of aliphatic hydroxyl groups is 1. The number of benzene rings is 2. The molecule has 3 N–H and O–H groups in total. The standard InChI is InChI=1S/C27H33F2N7O2S/c1-3-35(16-7-8-17-37)26(38)36-27(20-10-5-4-6-11-20,14-9-15-34(2)25(31)32-19-30)39-24(33-36)22-18-21(28)12-13-23(22)29/h4-6,10-13,18,37H,3,7-9,14-17H2,1-2H3,(H2,31,32). The number of amides is 2. The largest absolute Gasteiger partial charge is 0.396 e. The number of carbonyl (C=O) groups is 1. The minimum absolute atomic E-state index is 0.0200. The lowest BCUT2D eigenvalue weighted by Crippen LogP contribution is -2.49. The lowest BCUT2D eigenvalue weighted by molar-refractivity contribution is 0.122. The van der Waals surface area contributed by atoms with Gasteiger partial charge >= 0.3 is 6.03 Å². The van der Waals surface area contributed by atoms with E-state index in [-0.39, 0.29) is 29.2 Å². The van der Waals surface area contributed by atoms with E-state index in [0.717, 1.165) is 23.8 Å². The third kappa shape index (κ3) is 7.04. The van der Waals surface area contributed by atoms with Crippen LogP contribution in [-0.2, 0) is 4.87 Å². The fraction of sp³-hybridized carbons (Fsp3) is 0.407. The number of hydrazone groups is 1. The maximum Gasteiger partial charge on any atom is 0.342 e. The van der Waals surface area contributed by atoms with Gasteiger partial charge in [-0.1, -0.05) is 42.1 Å². The van der Waals surface area contributed by atoms with Crippen LogP contribution in [0.15, 0.2) is 58.6 Å². The summed E-state index contributed by atoms with van der Waals surface area (Å²) in [5.74, 6) is -1.19. The lowest BCUT2D eigenvalue weighted by atomic mass is 10.00. The number of thioether (sulfide) groups is 1. The van der Waals surface area contributed by atoms with Gasteiger partial charge in [0, 0.05) is 38.9 Å². The van der Waals surface area contributed by atoms with Gasteiger partial charge in [0.2, 0.25) is 12.2 Å². The Morgan fingerprint density at radius 2 is 1.95 bits per heavy atom. The third-order valence-electron chi connectivity index (χ3n) is 6.42. The summed E-state index contributed by atoms with van der Waals surface area (Å²) in [7, 11) is 1.71. The molecule has 12 heteroatoms. The van der Waals surface area contributed by atoms with Crippen molar-refractivity contribution in [1.82, 2.24) is 14.8 Å². The average molecular weight is 558 g/mol. The number of nitrogens with zero attached hydrogens (tertiary/aromatic N) is 6. The van der Waals surface area contributed by atoms with E-state index in [0.29, 0.717) is 45.3 Å². The lowest BCUT2D eigenvalue weighted by Gasteiger charge is -2.38. The first-order chi connectivity index (χ1) is 18.8. The summed E-state index contributed by atoms with van der Waals surface area (Å²) in [5.41, 5.74) is 6.59. The quantitative estimate of drug-likeness (QED) is 0.184. The molecule has 1 atom stereocenters. The number of carbonyl (C=O) groups excluding carboxylic acids is 1. The number of aliphatic hydroxyl groups excluding tert-OH is 1. The van der Waals surface area contributed by atoms with Gasteiger partial charge in [-0.05, 0) is 56.4 Å². The average Bonchev–Trinajstić information content (AvgIpc) is 3.33. The van der Waals surface area contributed by atoms with Crippen LogP contribution < -0.4 is 5.73 Å². The van der Waals surface area contributed by atoms with E-state index in [1.165, 1.54) is 16.8 Å². The number of guanidine groups is 1. The maximum atomic E-state index is 14.9. The van der Waals surface area contributed by atoms with Crippen LogP contribution >= 0.6 is 11.8 Å². The SMILES string of the molecule is CCN(CCCCO)C(=O)N1N=C(c2cc(F)ccc2F)SC1(CCCN(C)/C(N)=N/C#N)c1ccccc1. The topological polar surface area (TPSA) is 122 Å². The summed E-state index contributed by atoms with van der Waals surface area (Å²) < 4.78 is 29.1. The molecular weight excluding hydrogens is 524 g/mol. The molecule has 0 saturated carbocycles. The van der Waals surface area contributed by atoms with Crippen molar-refractivity contribution in [1.29, 1.82) is 5.26 Å². The van der Waals surface area contributed by atoms with Gasteiger partial charge in [-0.15, -0.1) is 4.99 Å². The fourth-order valence-corrected chi connectivity index (χ4v) is 5.70. The normalized spacial score (nSPS) is 17.1. The number of nitriles is 1. The van der Waals surface area contributed by atoms with Crippen LogP contribution in [-0.4, -0.2) is 70.2 Å². The van der Waals surface area contributed by atoms with E-state index in [2.05, 4.69) is 10.1 Å². The predicted molar refractivity (Wildman–Crippen MR) is 149 cm³/mol. The Labute approximate surface area is 231 Å². The van der Waals surface area contributed by atoms with Crippen molar-refractivity contribution in [2.45, 2.75) is 37.5 Å². The minimum atomic E-state index is -1.07. The number of unbranched alkanes of at least 4 members (excludes halogenated alkanes) is 1. The molecule has 1 aliphatic rings. The zero-order valence-corrected chi connectivity index (χ0v) is 22.9. The molecule has 2 aromatic carbocycles. The Hall–Kier alpha value is -3.69. The van der Waals surface area contributed by atoms with E-state index in [4.69, 9.17) is 11.0 Å². The van der Waals surface area contributed by atoms with Crippen LogP contribution in [0.25, 0.3) is 0 Å². The molecule has 208 valence electrons. The van der Waals surface area contributed by atoms with Gasteiger partial charge < -0.3 is 20.6 Å². The summed E-state index contributed by atoms with van der Waals surface area (Å²) in [4.78, 5) is 19.8. The molecule has 3 rings (SSSR count). The highest BCUT2D eigenvalue weighted by molar-refractivity contribution is 8.15. The first-order valence-corrected chi connectivity index (χ1v) is 13.5. The van der Waals surface area contributed by atoms with Crippen LogP contribution in [0.4, 0.5) is 13.6 Å². The van der Waals surface area contributed by atoms with Crippen LogP contribution in [0.5, 0.6) is 0 Å². The second-order valence-electron chi connectivity index (χ2n) is 8.98. The van der Waals surface area contributed by atoms with Gasteiger partial charge in [0.15, 0.2) is 0 Å². The molecule has 0 fully saturated rings. The molecule has 2 amide bonds. The van der Waals surface area contributed by atoms with E-state index in [1.807, 2.05) is 37.3 Å². The van der Waals surface area contributed by atoms with Gasteiger partial charge in [-0.3, -0.25) is 0 Å². The number of hydrogen-bond donors (Lipinski definition) is 2. The van der Waals surface area contributed by atoms with Gasteiger partial charge in [-0.25, -0.2) is 13.6 Å². The summed E-state index contributed by atoms with van der Waals surface area (Å²) in [6.45, 7) is 3.11. The number of nitrogens with two attached hydrogens (primary N) is 1. The number of halogens is 2. The number of hydrogen-bond acceptors (Lipinski definition) is 6. The van der Waals surface area contributed by atoms with Gasteiger partial charge in [0.1, 0.15) is 21.5 Å². The third-order valence-corrected chi connectivity index (χ3v) is 7.86. The Kier molecular flexibility index (Phi) is 10.7. The van der Waals surface area contributed by atoms with E-state index >= 15 is 0 Å². The Morgan fingerprint density at radius 1 is 1.21 bits per heavy atom. The summed E-state index contributed by atoms with van der Waals surface area (Å²) in [6, 6.07) is 12.1. The first-order valence-electron chi connectivity index (χ1n) is 12.7. The Balaban J connectivity index is 2.06. The van der Waals surface area contributed by atoms with E-state index < -0.39 is 16.5 Å². The van der Waals surface area contributed by atoms with E-state index in [9.17, 15) is 18.7 Å². The smallest absolute Gasteiger partial charge is 0.342 e. The molecule has 0 radical (unpaired) electrons. The van der Waals surface area contributed by atoms with Gasteiger partial charge in [0.05, 0.1) is 0 Å². The Morgan fingerprint density at radius 3 is 2.62 bits per heavy atom. The molecule has 0 saturated heterocycles. The van der Waals surface area contributed by atoms with Crippen molar-refractivity contribution in [3.05, 3.63) is 71.3 Å². The molecule has 0 aliphatic carbocycles. The van der Waals surface area contributed by atoms with Crippen LogP contribution in [0.2, 0.25) is 0 Å². The zero-order valence-electron chi connectivity index (χ0n) is 22.1. The molecule has 1 unspecified atom stereocenters. The predicted octanol–water partition coefficient (Wildman–Crippen LogP) is 4.25. The highest BCUT2D eigenvalue weighted by Crippen LogP contribution is 2.51. The van der Waals surface area contributed by atoms with Crippen LogP contribution in [0.3, 0.4) is 0 Å². The number of aliphatic imine (C=N–C) groups is 1. The second kappa shape index (κ2) is 13.9. The Bertz CT molecular complexity index is 1240. The summed E-state index contributed by atoms with van der Waals surface area (Å²) in [5, 5.41) is 24.2. The molecule has 0 spiro atoms. The van der Waals surface area contributed by atoms with Crippen molar-refractivity contribution in [2.75, 3.05) is 33.3 Å². The molecule has 2 aromatic rings. The fourth-order valence-electron chi connectivity index (χ4n) is 4.29. The van der Waals surface area contributed by atoms with Crippen molar-refractivity contribution < 1.29 is 18.7 Å². The van der Waals surface area contributed by atoms with E-state index in [1.54, 1.807) is 23.0 Å². The highest BCUT2D eigenvalue weighted by Gasteiger charge is 2.49. The minimum Gasteiger partial charge on any atom is -0.396 e. The zero-order chi connectivity index (χ0) is 28.4. The van der Waals surface area contributed by atoms with Gasteiger partial charge in [0.25, 0.3) is 0 Å². The molecular formula is C27H33F2N7O2S. The molecule has 1 heterocycles. The monoisotopic (exact) mass is 557 g/mol. The summed E-state index contributed by atoms with van der Waals surface area (Å²) >= 11 is 1.20. The van der Waals surface area contributed by atoms with Crippen LogP contribution in [0.1, 0.15) is 43.7 Å². The molecule has 0 bridgehead atoms. The molecule has 9 nitrogen and oxygen atoms in total. The summed E-state index contributed by atoms with van der Waals surface area (Å²) in [6.07, 6.45) is 3.71. The highest BCUT2D eigenvalue weighted by atomic mass is 32.2. The van der Waals surface area contributed by atoms with Crippen molar-refractivity contribution in [3.8, 4) is 6.19 Å².